The van der Waals surface area contributed by atoms with Crippen LogP contribution in [0.15, 0.2) is 91.0 Å². The number of pyridine rings is 1. The van der Waals surface area contributed by atoms with Crippen LogP contribution >= 0.6 is 0 Å². The van der Waals surface area contributed by atoms with E-state index in [0.717, 1.165) is 33.3 Å². The molecule has 2 atom stereocenters. The number of nitrogens with one attached hydrogen (secondary N) is 1. The Morgan fingerprint density at radius 2 is 1.62 bits per heavy atom. The van der Waals surface area contributed by atoms with Crippen LogP contribution in [-0.4, -0.2) is 56.7 Å². The molecule has 6 rings (SSSR count). The fourth-order valence-corrected chi connectivity index (χ4v) is 5.57. The Kier molecular flexibility index (Phi) is 9.29. The number of anilines is 1. The number of alkyl halides is 1. The summed E-state index contributed by atoms with van der Waals surface area (Å²) in [7, 11) is 1.88. The zero-order chi connectivity index (χ0) is 33.0. The number of nitrogens with zero attached hydrogens (tertiary/aromatic N) is 4. The van der Waals surface area contributed by atoms with Crippen molar-refractivity contribution >= 4 is 22.7 Å². The zero-order valence-electron chi connectivity index (χ0n) is 27.2. The van der Waals surface area contributed by atoms with Crippen LogP contribution in [0.5, 0.6) is 11.8 Å². The summed E-state index contributed by atoms with van der Waals surface area (Å²) in [4.78, 5) is 18.7. The Labute approximate surface area is 274 Å². The van der Waals surface area contributed by atoms with Crippen LogP contribution < -0.4 is 14.8 Å². The van der Waals surface area contributed by atoms with Gasteiger partial charge in [-0.15, -0.1) is 0 Å². The molecule has 1 N–H and O–H groups in total. The summed E-state index contributed by atoms with van der Waals surface area (Å²) < 4.78 is 34.8. The third-order valence-corrected chi connectivity index (χ3v) is 7.93. The van der Waals surface area contributed by atoms with Crippen LogP contribution in [-0.2, 0) is 25.0 Å². The van der Waals surface area contributed by atoms with Gasteiger partial charge in [0, 0.05) is 30.7 Å². The van der Waals surface area contributed by atoms with Crippen LogP contribution in [0.3, 0.4) is 0 Å². The normalized spacial score (nSPS) is 16.6. The minimum absolute atomic E-state index is 0.0193. The third kappa shape index (κ3) is 7.82. The van der Waals surface area contributed by atoms with E-state index in [1.165, 1.54) is 4.90 Å². The number of fused-ring (bicyclic) bond motifs is 1. The van der Waals surface area contributed by atoms with Gasteiger partial charge in [-0.3, -0.25) is 4.68 Å². The first kappa shape index (κ1) is 31.8. The number of aryl methyl sites for hydroxylation is 1. The highest BCUT2D eigenvalue weighted by Gasteiger charge is 2.33. The number of halogens is 1. The second-order valence-electron chi connectivity index (χ2n) is 12.7. The van der Waals surface area contributed by atoms with Crippen LogP contribution in [0.4, 0.5) is 14.9 Å². The number of amides is 1. The molecule has 0 bridgehead atoms. The number of rotatable bonds is 9. The summed E-state index contributed by atoms with van der Waals surface area (Å²) in [6.07, 6.45) is -1.27. The molecule has 3 heterocycles. The third-order valence-electron chi connectivity index (χ3n) is 7.93. The first-order valence-electron chi connectivity index (χ1n) is 15.8. The average Bonchev–Trinajstić information content (AvgIpc) is 3.39. The molecule has 0 radical (unpaired) electrons. The second kappa shape index (κ2) is 13.7. The molecular weight excluding hydrogens is 597 g/mol. The van der Waals surface area contributed by atoms with Gasteiger partial charge >= 0.3 is 6.09 Å². The smallest absolute Gasteiger partial charge is 0.410 e. The molecule has 3 aromatic carbocycles. The molecule has 10 heteroatoms. The van der Waals surface area contributed by atoms with Gasteiger partial charge in [0.2, 0.25) is 11.8 Å². The summed E-state index contributed by atoms with van der Waals surface area (Å²) in [5, 5.41) is 9.10. The van der Waals surface area contributed by atoms with Gasteiger partial charge in [-0.05, 0) is 62.6 Å². The van der Waals surface area contributed by atoms with Crippen molar-refractivity contribution in [2.75, 3.05) is 18.4 Å². The van der Waals surface area contributed by atoms with E-state index in [2.05, 4.69) is 5.32 Å². The molecule has 1 aliphatic heterocycles. The van der Waals surface area contributed by atoms with Crippen molar-refractivity contribution in [2.45, 2.75) is 58.2 Å². The van der Waals surface area contributed by atoms with Crippen molar-refractivity contribution in [3.63, 3.8) is 0 Å². The number of aromatic nitrogens is 3. The van der Waals surface area contributed by atoms with E-state index in [4.69, 9.17) is 24.3 Å². The Hall–Kier alpha value is -5.12. The van der Waals surface area contributed by atoms with Gasteiger partial charge in [-0.2, -0.15) is 10.1 Å². The zero-order valence-corrected chi connectivity index (χ0v) is 27.2. The second-order valence-corrected chi connectivity index (χ2v) is 12.7. The van der Waals surface area contributed by atoms with Crippen molar-refractivity contribution in [3.05, 3.63) is 102 Å². The summed E-state index contributed by atoms with van der Waals surface area (Å²) >= 11 is 0. The molecule has 1 fully saturated rings. The highest BCUT2D eigenvalue weighted by atomic mass is 19.1. The van der Waals surface area contributed by atoms with Gasteiger partial charge in [-0.1, -0.05) is 60.7 Å². The summed E-state index contributed by atoms with van der Waals surface area (Å²) in [6, 6.07) is 29.0. The Balaban J connectivity index is 1.22. The molecule has 1 amide bonds. The Morgan fingerprint density at radius 1 is 0.936 bits per heavy atom. The van der Waals surface area contributed by atoms with Crippen molar-refractivity contribution in [3.8, 4) is 23.0 Å². The van der Waals surface area contributed by atoms with Gasteiger partial charge in [0.15, 0.2) is 0 Å². The minimum Gasteiger partial charge on any atom is -0.473 e. The molecule has 47 heavy (non-hydrogen) atoms. The van der Waals surface area contributed by atoms with E-state index in [9.17, 15) is 4.79 Å². The Bertz CT molecular complexity index is 1820. The van der Waals surface area contributed by atoms with Gasteiger partial charge in [0.1, 0.15) is 30.7 Å². The molecule has 0 aliphatic carbocycles. The van der Waals surface area contributed by atoms with Crippen molar-refractivity contribution in [1.29, 1.82) is 0 Å². The summed E-state index contributed by atoms with van der Waals surface area (Å²) in [6.45, 7) is 6.52. The van der Waals surface area contributed by atoms with E-state index < -0.39 is 23.9 Å². The number of piperidine rings is 1. The molecule has 9 nitrogen and oxygen atoms in total. The summed E-state index contributed by atoms with van der Waals surface area (Å²) in [5.41, 5.74) is 4.52. The van der Waals surface area contributed by atoms with Crippen LogP contribution in [0.1, 0.15) is 38.3 Å². The maximum atomic E-state index is 15.3. The first-order chi connectivity index (χ1) is 22.6. The lowest BCUT2D eigenvalue weighted by molar-refractivity contribution is 0.0125. The number of hydrogen-bond acceptors (Lipinski definition) is 7. The van der Waals surface area contributed by atoms with Gasteiger partial charge in [0.25, 0.3) is 0 Å². The van der Waals surface area contributed by atoms with Gasteiger partial charge in [-0.25, -0.2) is 9.18 Å². The standard InChI is InChI=1S/C37H40FN5O4/c1-37(2,3)47-36(44)43-20-19-31(30(38)22-43)39-27-15-16-28-32(21-27)42(4)41-34(28)29-17-18-33(45-23-25-11-7-5-8-12-25)40-35(29)46-24-26-13-9-6-10-14-26/h5-18,21,30-31,39H,19-20,22-24H2,1-4H3/t30-,31-/m1/s1. The predicted molar refractivity (Wildman–Crippen MR) is 180 cm³/mol. The molecular formula is C37H40FN5O4. The monoisotopic (exact) mass is 637 g/mol. The summed E-state index contributed by atoms with van der Waals surface area (Å²) in [5.74, 6) is 0.865. The molecule has 5 aromatic rings. The van der Waals surface area contributed by atoms with E-state index in [1.807, 2.05) is 98.0 Å². The van der Waals surface area contributed by atoms with E-state index in [0.29, 0.717) is 43.6 Å². The molecule has 1 aliphatic rings. The largest absolute Gasteiger partial charge is 0.473 e. The van der Waals surface area contributed by atoms with E-state index in [-0.39, 0.29) is 6.54 Å². The highest BCUT2D eigenvalue weighted by Crippen LogP contribution is 2.36. The molecule has 0 unspecified atom stereocenters. The number of likely N-dealkylation sites (tertiary alicyclic amines) is 1. The quantitative estimate of drug-likeness (QED) is 0.178. The number of hydrogen-bond donors (Lipinski definition) is 1. The van der Waals surface area contributed by atoms with Crippen LogP contribution in [0.2, 0.25) is 0 Å². The van der Waals surface area contributed by atoms with Crippen LogP contribution in [0, 0.1) is 0 Å². The predicted octanol–water partition coefficient (Wildman–Crippen LogP) is 7.55. The van der Waals surface area contributed by atoms with Gasteiger partial charge in [0.05, 0.1) is 23.7 Å². The lowest BCUT2D eigenvalue weighted by Crippen LogP contribution is -2.51. The topological polar surface area (TPSA) is 90.7 Å². The van der Waals surface area contributed by atoms with Gasteiger partial charge < -0.3 is 24.4 Å². The SMILES string of the molecule is Cn1nc(-c2ccc(OCc3ccccc3)nc2OCc2ccccc2)c2ccc(N[C@@H]3CCN(C(=O)OC(C)(C)C)C[C@H]3F)cc21. The molecule has 2 aromatic heterocycles. The molecule has 0 saturated carbocycles. The van der Waals surface area contributed by atoms with Crippen molar-refractivity contribution in [2.24, 2.45) is 7.05 Å². The van der Waals surface area contributed by atoms with E-state index in [1.54, 1.807) is 25.5 Å². The number of ether oxygens (including phenoxy) is 3. The van der Waals surface area contributed by atoms with Crippen molar-refractivity contribution < 1.29 is 23.4 Å². The maximum absolute atomic E-state index is 15.3. The number of carbonyl (C=O) groups excluding carboxylic acids is 1. The fraction of sp³-hybridized carbons (Fsp3) is 0.324. The average molecular weight is 638 g/mol. The molecule has 244 valence electrons. The molecule has 0 spiro atoms. The number of benzene rings is 3. The Morgan fingerprint density at radius 3 is 2.28 bits per heavy atom. The number of carbonyl (C=O) groups is 1. The minimum atomic E-state index is -1.24. The first-order valence-corrected chi connectivity index (χ1v) is 15.8. The molecule has 1 saturated heterocycles. The van der Waals surface area contributed by atoms with E-state index >= 15 is 4.39 Å². The van der Waals surface area contributed by atoms with Crippen LogP contribution in [0.25, 0.3) is 22.2 Å². The van der Waals surface area contributed by atoms with Crippen molar-refractivity contribution in [1.82, 2.24) is 19.7 Å². The maximum Gasteiger partial charge on any atom is 0.410 e. The highest BCUT2D eigenvalue weighted by molar-refractivity contribution is 5.96. The lowest BCUT2D eigenvalue weighted by Gasteiger charge is -2.36. The fourth-order valence-electron chi connectivity index (χ4n) is 5.57. The lowest BCUT2D eigenvalue weighted by atomic mass is 10.0.